The summed E-state index contributed by atoms with van der Waals surface area (Å²) in [5, 5.41) is 0. The molecule has 1 atom stereocenters. The Morgan fingerprint density at radius 3 is 2.09 bits per heavy atom. The van der Waals surface area contributed by atoms with E-state index in [-0.39, 0.29) is 0 Å². The lowest BCUT2D eigenvalue weighted by Gasteiger charge is -2.02. The molecule has 0 aliphatic heterocycles. The van der Waals surface area contributed by atoms with E-state index in [9.17, 15) is 0 Å². The second-order valence-electron chi connectivity index (χ2n) is 2.84. The molecule has 0 saturated carbocycles. The minimum atomic E-state index is 0.591. The molecule has 0 aliphatic rings. The molecule has 1 unspecified atom stereocenters. The number of hydrogen-bond donors (Lipinski definition) is 0. The maximum atomic E-state index is 4.97. The van der Waals surface area contributed by atoms with Crippen LogP contribution in [0, 0.1) is 0 Å². The molecule has 0 bridgehead atoms. The molecule has 0 radical (unpaired) electrons. The fraction of sp³-hybridized carbons (Fsp3) is 0.250. The van der Waals surface area contributed by atoms with Crippen molar-refractivity contribution in [1.29, 1.82) is 0 Å². The van der Waals surface area contributed by atoms with E-state index >= 15 is 0 Å². The number of benzene rings is 1. The zero-order chi connectivity index (χ0) is 8.27. The Bertz CT molecular complexity index is 220. The summed E-state index contributed by atoms with van der Waals surface area (Å²) in [6.45, 7) is 4.95. The third-order valence-corrected chi connectivity index (χ3v) is 1.96. The van der Waals surface area contributed by atoms with E-state index in [0.717, 1.165) is 5.75 Å². The monoisotopic (exact) mass is 166 g/mol. The molecular formula is C8H12BOP. The average molecular weight is 166 g/mol. The Labute approximate surface area is 70.5 Å². The normalized spacial score (nSPS) is 9.36. The van der Waals surface area contributed by atoms with Crippen molar-refractivity contribution in [3.63, 3.8) is 0 Å². The molecule has 0 saturated heterocycles. The van der Waals surface area contributed by atoms with Crippen molar-refractivity contribution >= 4 is 21.6 Å². The van der Waals surface area contributed by atoms with Crippen LogP contribution in [0.25, 0.3) is 0 Å². The lowest BCUT2D eigenvalue weighted by atomic mass is 9.49. The van der Waals surface area contributed by atoms with Crippen molar-refractivity contribution < 1.29 is 4.52 Å². The Morgan fingerprint density at radius 2 is 1.73 bits per heavy atom. The molecule has 0 heterocycles. The quantitative estimate of drug-likeness (QED) is 0.480. The molecule has 0 amide bonds. The largest absolute Gasteiger partial charge is 0.480 e. The van der Waals surface area contributed by atoms with Crippen LogP contribution in [0.4, 0.5) is 0 Å². The smallest absolute Gasteiger partial charge is 0.169 e. The molecule has 11 heavy (non-hydrogen) atoms. The summed E-state index contributed by atoms with van der Waals surface area (Å²) >= 11 is 0. The fourth-order valence-corrected chi connectivity index (χ4v) is 1.09. The molecule has 1 nitrogen and oxygen atoms in total. The van der Waals surface area contributed by atoms with E-state index in [0.29, 0.717) is 6.71 Å². The van der Waals surface area contributed by atoms with E-state index in [2.05, 4.69) is 35.2 Å². The van der Waals surface area contributed by atoms with Gasteiger partial charge in [-0.05, 0) is 12.1 Å². The first-order chi connectivity index (χ1) is 5.24. The van der Waals surface area contributed by atoms with Crippen molar-refractivity contribution in [2.45, 2.75) is 13.6 Å². The fourth-order valence-electron chi connectivity index (χ4n) is 0.931. The summed E-state index contributed by atoms with van der Waals surface area (Å²) in [6, 6.07) is 8.12. The van der Waals surface area contributed by atoms with Crippen molar-refractivity contribution in [2.24, 2.45) is 0 Å². The highest BCUT2D eigenvalue weighted by Gasteiger charge is 2.01. The highest BCUT2D eigenvalue weighted by Crippen LogP contribution is 2.10. The lowest BCUT2D eigenvalue weighted by molar-refractivity contribution is 0.646. The van der Waals surface area contributed by atoms with Crippen LogP contribution >= 0.6 is 9.47 Å². The predicted octanol–water partition coefficient (Wildman–Crippen LogP) is 1.82. The molecule has 0 fully saturated rings. The molecule has 1 rings (SSSR count). The zero-order valence-corrected chi connectivity index (χ0v) is 8.03. The van der Waals surface area contributed by atoms with Crippen LogP contribution in [0.2, 0.25) is 13.6 Å². The Morgan fingerprint density at radius 1 is 1.18 bits per heavy atom. The van der Waals surface area contributed by atoms with Gasteiger partial charge in [0.15, 0.2) is 6.71 Å². The molecule has 0 spiro atoms. The van der Waals surface area contributed by atoms with E-state index < -0.39 is 0 Å². The topological polar surface area (TPSA) is 9.23 Å². The van der Waals surface area contributed by atoms with Gasteiger partial charge >= 0.3 is 0 Å². The Balaban J connectivity index is 2.83. The number of rotatable bonds is 2. The standard InChI is InChI=1S/C8H12BOP/c1-9(2)7-3-5-8(10-11)6-4-7/h3-6H,11H2,1-2H3. The number of hydrogen-bond acceptors (Lipinski definition) is 1. The highest BCUT2D eigenvalue weighted by atomic mass is 31.0. The molecule has 0 aromatic heterocycles. The molecule has 58 valence electrons. The zero-order valence-electron chi connectivity index (χ0n) is 6.87. The van der Waals surface area contributed by atoms with Gasteiger partial charge in [0.1, 0.15) is 5.75 Å². The van der Waals surface area contributed by atoms with Crippen LogP contribution < -0.4 is 9.99 Å². The summed E-state index contributed by atoms with van der Waals surface area (Å²) in [4.78, 5) is 0. The van der Waals surface area contributed by atoms with Gasteiger partial charge in [-0.1, -0.05) is 31.2 Å². The van der Waals surface area contributed by atoms with Gasteiger partial charge in [0.25, 0.3) is 0 Å². The van der Waals surface area contributed by atoms with Gasteiger partial charge in [-0.3, -0.25) is 0 Å². The van der Waals surface area contributed by atoms with Crippen molar-refractivity contribution in [1.82, 2.24) is 0 Å². The van der Waals surface area contributed by atoms with Crippen molar-refractivity contribution in [3.05, 3.63) is 24.3 Å². The van der Waals surface area contributed by atoms with E-state index in [1.165, 1.54) is 5.46 Å². The Kier molecular flexibility index (Phi) is 2.96. The summed E-state index contributed by atoms with van der Waals surface area (Å²) in [7, 11) is 2.23. The van der Waals surface area contributed by atoms with E-state index in [1.807, 2.05) is 12.1 Å². The van der Waals surface area contributed by atoms with Crippen LogP contribution in [0.3, 0.4) is 0 Å². The third-order valence-electron chi connectivity index (χ3n) is 1.68. The summed E-state index contributed by atoms with van der Waals surface area (Å²) < 4.78 is 4.97. The van der Waals surface area contributed by atoms with Gasteiger partial charge in [-0.25, -0.2) is 0 Å². The maximum absolute atomic E-state index is 4.97. The summed E-state index contributed by atoms with van der Waals surface area (Å²) in [6.07, 6.45) is 0. The SMILES string of the molecule is CB(C)c1ccc(OP)cc1. The van der Waals surface area contributed by atoms with Crippen molar-refractivity contribution in [3.8, 4) is 5.75 Å². The lowest BCUT2D eigenvalue weighted by Crippen LogP contribution is -2.21. The molecule has 1 aromatic rings. The molecule has 0 N–H and O–H groups in total. The van der Waals surface area contributed by atoms with Crippen LogP contribution in [-0.4, -0.2) is 6.71 Å². The van der Waals surface area contributed by atoms with Crippen LogP contribution in [0.1, 0.15) is 0 Å². The van der Waals surface area contributed by atoms with Gasteiger partial charge < -0.3 is 4.52 Å². The van der Waals surface area contributed by atoms with Gasteiger partial charge in [-0.2, -0.15) is 0 Å². The van der Waals surface area contributed by atoms with Gasteiger partial charge in [-0.15, -0.1) is 0 Å². The third kappa shape index (κ3) is 2.23. The first kappa shape index (κ1) is 8.61. The molecule has 0 aliphatic carbocycles. The van der Waals surface area contributed by atoms with Gasteiger partial charge in [0, 0.05) is 0 Å². The second-order valence-corrected chi connectivity index (χ2v) is 3.08. The first-order valence-corrected chi connectivity index (χ1v) is 4.18. The minimum Gasteiger partial charge on any atom is -0.480 e. The van der Waals surface area contributed by atoms with Gasteiger partial charge in [0.2, 0.25) is 0 Å². The molecule has 1 aromatic carbocycles. The molecule has 3 heteroatoms. The minimum absolute atomic E-state index is 0.591. The average Bonchev–Trinajstić information content (AvgIpc) is 2.05. The second kappa shape index (κ2) is 3.78. The van der Waals surface area contributed by atoms with E-state index in [1.54, 1.807) is 0 Å². The van der Waals surface area contributed by atoms with Crippen LogP contribution in [0.5, 0.6) is 5.75 Å². The summed E-state index contributed by atoms with van der Waals surface area (Å²) in [5.41, 5.74) is 1.34. The van der Waals surface area contributed by atoms with Crippen LogP contribution in [-0.2, 0) is 0 Å². The van der Waals surface area contributed by atoms with Crippen LogP contribution in [0.15, 0.2) is 24.3 Å². The van der Waals surface area contributed by atoms with Crippen molar-refractivity contribution in [2.75, 3.05) is 0 Å². The van der Waals surface area contributed by atoms with Gasteiger partial charge in [0.05, 0.1) is 9.47 Å². The molecular weight excluding hydrogens is 154 g/mol. The Hall–Kier alpha value is -0.485. The first-order valence-electron chi connectivity index (χ1n) is 3.70. The van der Waals surface area contributed by atoms with E-state index in [4.69, 9.17) is 4.52 Å². The maximum Gasteiger partial charge on any atom is 0.169 e. The predicted molar refractivity (Wildman–Crippen MR) is 53.9 cm³/mol. The summed E-state index contributed by atoms with van der Waals surface area (Å²) in [5.74, 6) is 0.888. The highest BCUT2D eigenvalue weighted by molar-refractivity contribution is 7.10.